The summed E-state index contributed by atoms with van der Waals surface area (Å²) in [4.78, 5) is 3.26. The van der Waals surface area contributed by atoms with Gasteiger partial charge in [0.1, 0.15) is 5.75 Å². The monoisotopic (exact) mass is 298 g/mol. The molecule has 108 valence electrons. The van der Waals surface area contributed by atoms with E-state index in [9.17, 15) is 0 Å². The Kier molecular flexibility index (Phi) is 3.55. The summed E-state index contributed by atoms with van der Waals surface area (Å²) in [6.07, 6.45) is 0. The summed E-state index contributed by atoms with van der Waals surface area (Å²) in [7, 11) is 1.68. The van der Waals surface area contributed by atoms with E-state index in [-0.39, 0.29) is 6.04 Å². The first-order valence-electron chi connectivity index (χ1n) is 6.95. The predicted molar refractivity (Wildman–Crippen MR) is 88.7 cm³/mol. The van der Waals surface area contributed by atoms with Crippen LogP contribution in [0.4, 0.5) is 0 Å². The van der Waals surface area contributed by atoms with Crippen molar-refractivity contribution >= 4 is 23.3 Å². The van der Waals surface area contributed by atoms with E-state index in [0.29, 0.717) is 0 Å². The summed E-state index contributed by atoms with van der Waals surface area (Å²) in [5.41, 5.74) is 4.59. The number of hydrogen-bond acceptors (Lipinski definition) is 2. The first kappa shape index (κ1) is 13.9. The van der Waals surface area contributed by atoms with Crippen LogP contribution in [-0.2, 0) is 0 Å². The average Bonchev–Trinajstić information content (AvgIpc) is 2.82. The molecular weight excluding hydrogens is 280 g/mol. The van der Waals surface area contributed by atoms with Gasteiger partial charge in [0.15, 0.2) is 4.77 Å². The van der Waals surface area contributed by atoms with Gasteiger partial charge in [0.2, 0.25) is 0 Å². The van der Waals surface area contributed by atoms with Crippen molar-refractivity contribution in [1.82, 2.24) is 9.55 Å². The molecule has 0 bridgehead atoms. The number of H-pyrrole nitrogens is 1. The standard InChI is InChI=1S/C17H18N2OS/c1-11-4-6-13(7-5-11)12(2)19-16-10-14(20-3)8-9-15(16)18-17(19)21/h4-10,12H,1-3H3,(H,18,21). The second kappa shape index (κ2) is 5.37. The van der Waals surface area contributed by atoms with Crippen molar-refractivity contribution in [2.45, 2.75) is 19.9 Å². The molecule has 0 aliphatic heterocycles. The average molecular weight is 298 g/mol. The van der Waals surface area contributed by atoms with Gasteiger partial charge >= 0.3 is 0 Å². The van der Waals surface area contributed by atoms with Crippen LogP contribution in [0.5, 0.6) is 5.75 Å². The van der Waals surface area contributed by atoms with Gasteiger partial charge in [0, 0.05) is 6.07 Å². The second-order valence-electron chi connectivity index (χ2n) is 5.27. The molecule has 0 fully saturated rings. The molecule has 1 N–H and O–H groups in total. The van der Waals surface area contributed by atoms with Crippen LogP contribution in [0.25, 0.3) is 11.0 Å². The van der Waals surface area contributed by atoms with Crippen molar-refractivity contribution in [3.05, 3.63) is 58.4 Å². The number of imidazole rings is 1. The van der Waals surface area contributed by atoms with E-state index in [1.807, 2.05) is 18.2 Å². The molecule has 0 saturated heterocycles. The van der Waals surface area contributed by atoms with Gasteiger partial charge in [-0.05, 0) is 43.8 Å². The summed E-state index contributed by atoms with van der Waals surface area (Å²) in [6.45, 7) is 4.25. The quantitative estimate of drug-likeness (QED) is 0.715. The van der Waals surface area contributed by atoms with Crippen molar-refractivity contribution in [2.75, 3.05) is 7.11 Å². The van der Waals surface area contributed by atoms with Crippen molar-refractivity contribution in [1.29, 1.82) is 0 Å². The van der Waals surface area contributed by atoms with E-state index in [1.165, 1.54) is 11.1 Å². The van der Waals surface area contributed by atoms with Crippen LogP contribution in [0.15, 0.2) is 42.5 Å². The number of ether oxygens (including phenoxy) is 1. The molecule has 0 amide bonds. The second-order valence-corrected chi connectivity index (χ2v) is 5.66. The van der Waals surface area contributed by atoms with Gasteiger partial charge in [0.05, 0.1) is 24.2 Å². The van der Waals surface area contributed by atoms with Crippen LogP contribution < -0.4 is 4.74 Å². The smallest absolute Gasteiger partial charge is 0.178 e. The van der Waals surface area contributed by atoms with Gasteiger partial charge < -0.3 is 14.3 Å². The summed E-state index contributed by atoms with van der Waals surface area (Å²) in [5, 5.41) is 0. The maximum absolute atomic E-state index is 5.50. The molecule has 1 heterocycles. The maximum atomic E-state index is 5.50. The first-order chi connectivity index (χ1) is 10.1. The largest absolute Gasteiger partial charge is 0.497 e. The fraction of sp³-hybridized carbons (Fsp3) is 0.235. The highest BCUT2D eigenvalue weighted by atomic mass is 32.1. The predicted octanol–water partition coefficient (Wildman–Crippen LogP) is 4.63. The Labute approximate surface area is 129 Å². The van der Waals surface area contributed by atoms with Crippen LogP contribution >= 0.6 is 12.2 Å². The van der Waals surface area contributed by atoms with Crippen molar-refractivity contribution in [3.8, 4) is 5.75 Å². The molecule has 0 spiro atoms. The molecule has 3 rings (SSSR count). The first-order valence-corrected chi connectivity index (χ1v) is 7.36. The zero-order valence-corrected chi connectivity index (χ0v) is 13.2. The van der Waals surface area contributed by atoms with Crippen LogP contribution in [0, 0.1) is 11.7 Å². The molecule has 2 aromatic carbocycles. The molecule has 21 heavy (non-hydrogen) atoms. The van der Waals surface area contributed by atoms with Crippen LogP contribution in [0.3, 0.4) is 0 Å². The number of benzene rings is 2. The number of methoxy groups -OCH3 is 1. The van der Waals surface area contributed by atoms with Gasteiger partial charge in [-0.15, -0.1) is 0 Å². The van der Waals surface area contributed by atoms with Crippen molar-refractivity contribution in [2.24, 2.45) is 0 Å². The number of nitrogens with zero attached hydrogens (tertiary/aromatic N) is 1. The molecule has 0 aliphatic rings. The SMILES string of the molecule is COc1ccc2[nH]c(=S)n(C(C)c3ccc(C)cc3)c2c1. The lowest BCUT2D eigenvalue weighted by Gasteiger charge is -2.15. The zero-order chi connectivity index (χ0) is 15.0. The van der Waals surface area contributed by atoms with Gasteiger partial charge in [-0.3, -0.25) is 0 Å². The Morgan fingerprint density at radius 1 is 1.14 bits per heavy atom. The highest BCUT2D eigenvalue weighted by molar-refractivity contribution is 7.71. The molecule has 3 nitrogen and oxygen atoms in total. The Morgan fingerprint density at radius 3 is 2.52 bits per heavy atom. The topological polar surface area (TPSA) is 29.9 Å². The van der Waals surface area contributed by atoms with Crippen molar-refractivity contribution in [3.63, 3.8) is 0 Å². The summed E-state index contributed by atoms with van der Waals surface area (Å²) < 4.78 is 8.19. The number of rotatable bonds is 3. The lowest BCUT2D eigenvalue weighted by molar-refractivity contribution is 0.415. The van der Waals surface area contributed by atoms with E-state index >= 15 is 0 Å². The van der Waals surface area contributed by atoms with Gasteiger partial charge in [-0.2, -0.15) is 0 Å². The van der Waals surface area contributed by atoms with Crippen molar-refractivity contribution < 1.29 is 4.74 Å². The fourth-order valence-electron chi connectivity index (χ4n) is 2.61. The fourth-order valence-corrected chi connectivity index (χ4v) is 2.97. The molecule has 4 heteroatoms. The Hall–Kier alpha value is -2.07. The molecule has 1 unspecified atom stereocenters. The Bertz CT molecular complexity index is 830. The molecule has 1 atom stereocenters. The lowest BCUT2D eigenvalue weighted by Crippen LogP contribution is -2.06. The summed E-state index contributed by atoms with van der Waals surface area (Å²) >= 11 is 5.50. The third-order valence-electron chi connectivity index (χ3n) is 3.87. The molecule has 0 saturated carbocycles. The third-order valence-corrected chi connectivity index (χ3v) is 4.17. The third kappa shape index (κ3) is 2.47. The molecule has 0 aliphatic carbocycles. The highest BCUT2D eigenvalue weighted by Gasteiger charge is 2.13. The molecule has 0 radical (unpaired) electrons. The summed E-state index contributed by atoms with van der Waals surface area (Å²) in [5.74, 6) is 0.835. The van der Waals surface area contributed by atoms with E-state index < -0.39 is 0 Å². The number of fused-ring (bicyclic) bond motifs is 1. The number of hydrogen-bond donors (Lipinski definition) is 1. The van der Waals surface area contributed by atoms with Gasteiger partial charge in [-0.25, -0.2) is 0 Å². The van der Waals surface area contributed by atoms with Crippen LogP contribution in [0.1, 0.15) is 24.1 Å². The van der Waals surface area contributed by atoms with Crippen LogP contribution in [0.2, 0.25) is 0 Å². The van der Waals surface area contributed by atoms with E-state index in [1.54, 1.807) is 7.11 Å². The number of nitrogens with one attached hydrogen (secondary N) is 1. The maximum Gasteiger partial charge on any atom is 0.178 e. The lowest BCUT2D eigenvalue weighted by atomic mass is 10.1. The minimum atomic E-state index is 0.166. The number of aromatic nitrogens is 2. The zero-order valence-electron chi connectivity index (χ0n) is 12.4. The normalized spacial score (nSPS) is 12.5. The molecule has 3 aromatic rings. The van der Waals surface area contributed by atoms with E-state index in [4.69, 9.17) is 17.0 Å². The van der Waals surface area contributed by atoms with Gasteiger partial charge in [0.25, 0.3) is 0 Å². The minimum Gasteiger partial charge on any atom is -0.497 e. The van der Waals surface area contributed by atoms with Crippen LogP contribution in [-0.4, -0.2) is 16.7 Å². The van der Waals surface area contributed by atoms with E-state index in [2.05, 4.69) is 47.7 Å². The number of aromatic amines is 1. The van der Waals surface area contributed by atoms with E-state index in [0.717, 1.165) is 21.6 Å². The molecular formula is C17H18N2OS. The highest BCUT2D eigenvalue weighted by Crippen LogP contribution is 2.27. The molecule has 1 aromatic heterocycles. The minimum absolute atomic E-state index is 0.166. The van der Waals surface area contributed by atoms with Gasteiger partial charge in [-0.1, -0.05) is 29.8 Å². The Morgan fingerprint density at radius 2 is 1.86 bits per heavy atom. The summed E-state index contributed by atoms with van der Waals surface area (Å²) in [6, 6.07) is 14.7. The Balaban J connectivity index is 2.16. The number of aryl methyl sites for hydroxylation is 1.